The van der Waals surface area contributed by atoms with Crippen molar-refractivity contribution in [1.29, 1.82) is 0 Å². The lowest BCUT2D eigenvalue weighted by Gasteiger charge is -2.26. The van der Waals surface area contributed by atoms with E-state index in [0.29, 0.717) is 18.5 Å². The molecule has 1 aliphatic heterocycles. The van der Waals surface area contributed by atoms with E-state index < -0.39 is 34.2 Å². The van der Waals surface area contributed by atoms with Crippen molar-refractivity contribution >= 4 is 27.6 Å². The van der Waals surface area contributed by atoms with Gasteiger partial charge in [-0.15, -0.1) is 0 Å². The third-order valence-electron chi connectivity index (χ3n) is 4.54. The first-order valence-electron chi connectivity index (χ1n) is 9.13. The molecule has 1 aromatic carbocycles. The molecule has 0 aliphatic carbocycles. The first-order chi connectivity index (χ1) is 13.1. The van der Waals surface area contributed by atoms with E-state index in [2.05, 4.69) is 5.32 Å². The van der Waals surface area contributed by atoms with E-state index in [-0.39, 0.29) is 24.1 Å². The largest absolute Gasteiger partial charge is 0.454 e. The van der Waals surface area contributed by atoms with Crippen LogP contribution in [0.25, 0.3) is 0 Å². The summed E-state index contributed by atoms with van der Waals surface area (Å²) in [5, 5.41) is 2.47. The number of benzene rings is 1. The summed E-state index contributed by atoms with van der Waals surface area (Å²) in [4.78, 5) is 37.7. The maximum Gasteiger partial charge on any atom is 0.325 e. The molecular weight excluding hydrogens is 384 g/mol. The number of rotatable bonds is 7. The monoisotopic (exact) mass is 410 g/mol. The van der Waals surface area contributed by atoms with E-state index in [0.717, 1.165) is 11.1 Å². The molecule has 1 N–H and O–H groups in total. The number of carbonyl (C=O) groups excluding carboxylic acids is 3. The van der Waals surface area contributed by atoms with Crippen molar-refractivity contribution in [2.45, 2.75) is 33.2 Å². The number of carbonyl (C=O) groups is 3. The minimum absolute atomic E-state index is 0.0612. The van der Waals surface area contributed by atoms with Gasteiger partial charge in [-0.05, 0) is 39.3 Å². The molecule has 154 valence electrons. The molecule has 1 aromatic rings. The smallest absolute Gasteiger partial charge is 0.325 e. The number of amides is 2. The molecule has 0 radical (unpaired) electrons. The van der Waals surface area contributed by atoms with Gasteiger partial charge in [0.2, 0.25) is 0 Å². The number of nitrogens with zero attached hydrogens (tertiary/aromatic N) is 1. The summed E-state index contributed by atoms with van der Waals surface area (Å²) >= 11 is 0. The Kier molecular flexibility index (Phi) is 7.17. The maximum absolute atomic E-state index is 12.3. The van der Waals surface area contributed by atoms with E-state index >= 15 is 0 Å². The predicted octanol–water partition coefficient (Wildman–Crippen LogP) is 0.612. The topological polar surface area (TPSA) is 110 Å². The molecule has 1 heterocycles. The van der Waals surface area contributed by atoms with Gasteiger partial charge in [-0.3, -0.25) is 14.4 Å². The van der Waals surface area contributed by atoms with E-state index in [1.807, 2.05) is 19.9 Å². The minimum atomic E-state index is -3.12. The second-order valence-corrected chi connectivity index (χ2v) is 9.19. The van der Waals surface area contributed by atoms with Crippen LogP contribution in [0.3, 0.4) is 0 Å². The molecule has 0 aromatic heterocycles. The standard InChI is InChI=1S/C19H26N2O6S/c1-4-21(16-5-6-28(25,26)12-16)17(22)11-27-18(23)10-20-19(24)15-8-13(2)7-14(3)9-15/h7-9,16H,4-6,10-12H2,1-3H3,(H,20,24). The highest BCUT2D eigenvalue weighted by atomic mass is 32.2. The maximum atomic E-state index is 12.3. The lowest BCUT2D eigenvalue weighted by molar-refractivity contribution is -0.151. The Morgan fingerprint density at radius 1 is 1.18 bits per heavy atom. The Morgan fingerprint density at radius 2 is 1.82 bits per heavy atom. The highest BCUT2D eigenvalue weighted by molar-refractivity contribution is 7.91. The van der Waals surface area contributed by atoms with Crippen molar-refractivity contribution in [1.82, 2.24) is 10.2 Å². The van der Waals surface area contributed by atoms with Crippen LogP contribution in [0.4, 0.5) is 0 Å². The number of nitrogens with one attached hydrogen (secondary N) is 1. The van der Waals surface area contributed by atoms with Gasteiger partial charge in [0.1, 0.15) is 6.54 Å². The zero-order chi connectivity index (χ0) is 20.9. The van der Waals surface area contributed by atoms with Gasteiger partial charge in [0.05, 0.1) is 11.5 Å². The molecule has 0 spiro atoms. The van der Waals surface area contributed by atoms with E-state index in [1.165, 1.54) is 4.90 Å². The van der Waals surface area contributed by atoms with Crippen LogP contribution in [0.5, 0.6) is 0 Å². The number of likely N-dealkylation sites (N-methyl/N-ethyl adjacent to an activating group) is 1. The van der Waals surface area contributed by atoms with Gasteiger partial charge in [-0.1, -0.05) is 17.2 Å². The summed E-state index contributed by atoms with van der Waals surface area (Å²) in [6, 6.07) is 4.98. The zero-order valence-corrected chi connectivity index (χ0v) is 17.2. The van der Waals surface area contributed by atoms with Gasteiger partial charge < -0.3 is 15.0 Å². The fourth-order valence-electron chi connectivity index (χ4n) is 3.30. The summed E-state index contributed by atoms with van der Waals surface area (Å²) in [6.07, 6.45) is 0.391. The lowest BCUT2D eigenvalue weighted by Crippen LogP contribution is -2.43. The van der Waals surface area contributed by atoms with Crippen LogP contribution < -0.4 is 5.32 Å². The second-order valence-electron chi connectivity index (χ2n) is 6.96. The van der Waals surface area contributed by atoms with Crippen molar-refractivity contribution in [2.75, 3.05) is 31.2 Å². The van der Waals surface area contributed by atoms with Gasteiger partial charge >= 0.3 is 5.97 Å². The Bertz CT molecular complexity index is 845. The van der Waals surface area contributed by atoms with Gasteiger partial charge in [0.15, 0.2) is 16.4 Å². The highest BCUT2D eigenvalue weighted by Gasteiger charge is 2.34. The molecule has 9 heteroatoms. The molecule has 1 unspecified atom stereocenters. The number of ether oxygens (including phenoxy) is 1. The Morgan fingerprint density at radius 3 is 2.36 bits per heavy atom. The SMILES string of the molecule is CCN(C(=O)COC(=O)CNC(=O)c1cc(C)cc(C)c1)C1CCS(=O)(=O)C1. The van der Waals surface area contributed by atoms with Gasteiger partial charge in [0.25, 0.3) is 11.8 Å². The van der Waals surface area contributed by atoms with Crippen molar-refractivity contribution in [3.8, 4) is 0 Å². The molecule has 8 nitrogen and oxygen atoms in total. The average Bonchev–Trinajstić information content (AvgIpc) is 2.97. The van der Waals surface area contributed by atoms with E-state index in [1.54, 1.807) is 19.1 Å². The molecule has 1 atom stereocenters. The van der Waals surface area contributed by atoms with Crippen molar-refractivity contribution in [3.05, 3.63) is 34.9 Å². The number of esters is 1. The molecule has 2 rings (SSSR count). The van der Waals surface area contributed by atoms with E-state index in [4.69, 9.17) is 4.74 Å². The Labute approximate surface area is 165 Å². The molecule has 2 amide bonds. The molecule has 28 heavy (non-hydrogen) atoms. The zero-order valence-electron chi connectivity index (χ0n) is 16.4. The molecule has 1 fully saturated rings. The summed E-state index contributed by atoms with van der Waals surface area (Å²) in [7, 11) is -3.12. The second kappa shape index (κ2) is 9.18. The third-order valence-corrected chi connectivity index (χ3v) is 6.29. The number of hydrogen-bond donors (Lipinski definition) is 1. The number of hydrogen-bond acceptors (Lipinski definition) is 6. The summed E-state index contributed by atoms with van der Waals surface area (Å²) in [5.74, 6) is -1.58. The highest BCUT2D eigenvalue weighted by Crippen LogP contribution is 2.17. The third kappa shape index (κ3) is 6.05. The normalized spacial score (nSPS) is 17.8. The number of sulfone groups is 1. The van der Waals surface area contributed by atoms with Gasteiger partial charge in [-0.2, -0.15) is 0 Å². The minimum Gasteiger partial charge on any atom is -0.454 e. The van der Waals surface area contributed by atoms with Crippen LogP contribution >= 0.6 is 0 Å². The average molecular weight is 410 g/mol. The molecule has 1 saturated heterocycles. The predicted molar refractivity (Wildman–Crippen MR) is 104 cm³/mol. The fourth-order valence-corrected chi connectivity index (χ4v) is 5.03. The van der Waals surface area contributed by atoms with Crippen LogP contribution in [-0.4, -0.2) is 68.3 Å². The summed E-state index contributed by atoms with van der Waals surface area (Å²) in [6.45, 7) is 4.98. The molecule has 1 aliphatic rings. The Balaban J connectivity index is 1.81. The van der Waals surface area contributed by atoms with Crippen molar-refractivity contribution < 1.29 is 27.5 Å². The Hall–Kier alpha value is -2.42. The number of aryl methyl sites for hydroxylation is 2. The summed E-state index contributed by atoms with van der Waals surface area (Å²) < 4.78 is 28.1. The van der Waals surface area contributed by atoms with Gasteiger partial charge in [-0.25, -0.2) is 8.42 Å². The van der Waals surface area contributed by atoms with E-state index in [9.17, 15) is 22.8 Å². The first-order valence-corrected chi connectivity index (χ1v) is 11.0. The quantitative estimate of drug-likeness (QED) is 0.660. The van der Waals surface area contributed by atoms with Crippen molar-refractivity contribution in [2.24, 2.45) is 0 Å². The van der Waals surface area contributed by atoms with Crippen LogP contribution in [-0.2, 0) is 24.2 Å². The molecule has 0 bridgehead atoms. The van der Waals surface area contributed by atoms with Crippen LogP contribution in [0, 0.1) is 13.8 Å². The summed E-state index contributed by atoms with van der Waals surface area (Å²) in [5.41, 5.74) is 2.32. The molecule has 0 saturated carbocycles. The van der Waals surface area contributed by atoms with Crippen molar-refractivity contribution in [3.63, 3.8) is 0 Å². The van der Waals surface area contributed by atoms with Crippen LogP contribution in [0.1, 0.15) is 34.8 Å². The molecular formula is C19H26N2O6S. The van der Waals surface area contributed by atoms with Crippen LogP contribution in [0.2, 0.25) is 0 Å². The first kappa shape index (κ1) is 21.9. The van der Waals surface area contributed by atoms with Crippen LogP contribution in [0.15, 0.2) is 18.2 Å². The lowest BCUT2D eigenvalue weighted by atomic mass is 10.1. The fraction of sp³-hybridized carbons (Fsp3) is 0.526. The van der Waals surface area contributed by atoms with Gasteiger partial charge in [0, 0.05) is 18.2 Å².